The fourth-order valence-electron chi connectivity index (χ4n) is 3.49. The molecule has 0 unspecified atom stereocenters. The molecule has 0 saturated heterocycles. The number of amides is 1. The molecule has 2 aromatic carbocycles. The van der Waals surface area contributed by atoms with Crippen molar-refractivity contribution in [1.82, 2.24) is 19.7 Å². The molecule has 35 heavy (non-hydrogen) atoms. The second kappa shape index (κ2) is 10.2. The van der Waals surface area contributed by atoms with Gasteiger partial charge in [0, 0.05) is 35.3 Å². The van der Waals surface area contributed by atoms with E-state index in [9.17, 15) is 4.79 Å². The molecule has 0 fully saturated rings. The van der Waals surface area contributed by atoms with Crippen LogP contribution in [0.4, 0.5) is 5.13 Å². The Kier molecular flexibility index (Phi) is 6.46. The first-order valence-corrected chi connectivity index (χ1v) is 12.0. The monoisotopic (exact) mass is 475 g/mol. The molecule has 1 amide bonds. The number of thiazole rings is 1. The Morgan fingerprint density at radius 3 is 2.49 bits per heavy atom. The number of nitrogens with zero attached hydrogens (tertiary/aromatic N) is 4. The smallest absolute Gasteiger partial charge is 0.261 e. The fourth-order valence-corrected chi connectivity index (χ4v) is 4.18. The molecule has 0 aliphatic rings. The van der Waals surface area contributed by atoms with Gasteiger partial charge in [0.15, 0.2) is 5.13 Å². The minimum Gasteiger partial charge on any atom is -0.298 e. The highest BCUT2D eigenvalue weighted by atomic mass is 32.1. The van der Waals surface area contributed by atoms with Gasteiger partial charge in [0.05, 0.1) is 16.9 Å². The Bertz CT molecular complexity index is 1510. The van der Waals surface area contributed by atoms with Crippen molar-refractivity contribution in [3.63, 3.8) is 0 Å². The highest BCUT2D eigenvalue weighted by Gasteiger charge is 2.20. The zero-order valence-corrected chi connectivity index (χ0v) is 19.8. The van der Waals surface area contributed by atoms with Gasteiger partial charge in [-0.3, -0.25) is 15.1 Å². The summed E-state index contributed by atoms with van der Waals surface area (Å²) in [6.45, 7) is 2.01. The lowest BCUT2D eigenvalue weighted by Gasteiger charge is -2.02. The third-order valence-electron chi connectivity index (χ3n) is 5.19. The molecule has 0 aliphatic carbocycles. The zero-order valence-electron chi connectivity index (χ0n) is 19.0. The maximum absolute atomic E-state index is 13.3. The van der Waals surface area contributed by atoms with Gasteiger partial charge in [-0.2, -0.15) is 5.10 Å². The third kappa shape index (κ3) is 5.03. The summed E-state index contributed by atoms with van der Waals surface area (Å²) in [5.74, 6) is 5.82. The van der Waals surface area contributed by atoms with E-state index in [1.807, 2.05) is 85.1 Å². The molecule has 6 nitrogen and oxygen atoms in total. The average molecular weight is 476 g/mol. The summed E-state index contributed by atoms with van der Waals surface area (Å²) in [7, 11) is 0. The lowest BCUT2D eigenvalue weighted by Crippen LogP contribution is -2.12. The number of para-hydroxylation sites is 1. The molecule has 0 spiro atoms. The summed E-state index contributed by atoms with van der Waals surface area (Å²) >= 11 is 1.35. The molecule has 1 N–H and O–H groups in total. The molecule has 170 valence electrons. The van der Waals surface area contributed by atoms with Gasteiger partial charge in [-0.25, -0.2) is 9.67 Å². The second-order valence-corrected chi connectivity index (χ2v) is 8.48. The number of anilines is 1. The molecule has 0 aliphatic heterocycles. The van der Waals surface area contributed by atoms with Crippen LogP contribution in [0.5, 0.6) is 0 Å². The Labute approximate surface area is 207 Å². The van der Waals surface area contributed by atoms with Gasteiger partial charge >= 0.3 is 0 Å². The summed E-state index contributed by atoms with van der Waals surface area (Å²) in [5.41, 5.74) is 5.10. The first-order chi connectivity index (χ1) is 17.2. The predicted octanol–water partition coefficient (Wildman–Crippen LogP) is 6.07. The number of aromatic nitrogens is 4. The molecule has 3 aromatic heterocycles. The SMILES string of the molecule is CCC#Cc1ccc(-c2csc(NC(=O)c3cn(-c4ccccc4)nc3-c3ccccc3)n2)nc1. The lowest BCUT2D eigenvalue weighted by molar-refractivity contribution is 0.102. The van der Waals surface area contributed by atoms with Crippen LogP contribution in [0.1, 0.15) is 29.3 Å². The van der Waals surface area contributed by atoms with Gasteiger partial charge < -0.3 is 0 Å². The van der Waals surface area contributed by atoms with Gasteiger partial charge in [-0.1, -0.05) is 67.3 Å². The van der Waals surface area contributed by atoms with Crippen molar-refractivity contribution in [1.29, 1.82) is 0 Å². The van der Waals surface area contributed by atoms with E-state index >= 15 is 0 Å². The van der Waals surface area contributed by atoms with Crippen molar-refractivity contribution in [2.24, 2.45) is 0 Å². The molecule has 0 bridgehead atoms. The Morgan fingerprint density at radius 2 is 1.77 bits per heavy atom. The molecule has 3 heterocycles. The molecule has 0 atom stereocenters. The van der Waals surface area contributed by atoms with Crippen molar-refractivity contribution in [2.75, 3.05) is 5.32 Å². The van der Waals surface area contributed by atoms with E-state index in [4.69, 9.17) is 5.10 Å². The summed E-state index contributed by atoms with van der Waals surface area (Å²) in [4.78, 5) is 22.3. The summed E-state index contributed by atoms with van der Waals surface area (Å²) in [6, 6.07) is 23.2. The van der Waals surface area contributed by atoms with Crippen LogP contribution in [0.2, 0.25) is 0 Å². The van der Waals surface area contributed by atoms with Crippen LogP contribution in [-0.2, 0) is 0 Å². The Balaban J connectivity index is 1.41. The van der Waals surface area contributed by atoms with Gasteiger partial charge in [0.2, 0.25) is 0 Å². The van der Waals surface area contributed by atoms with Crippen LogP contribution < -0.4 is 5.32 Å². The largest absolute Gasteiger partial charge is 0.298 e. The second-order valence-electron chi connectivity index (χ2n) is 7.62. The van der Waals surface area contributed by atoms with E-state index < -0.39 is 0 Å². The molecule has 5 aromatic rings. The predicted molar refractivity (Wildman–Crippen MR) is 139 cm³/mol. The van der Waals surface area contributed by atoms with Gasteiger partial charge in [0.1, 0.15) is 11.4 Å². The maximum Gasteiger partial charge on any atom is 0.261 e. The molecular formula is C28H21N5OS. The highest BCUT2D eigenvalue weighted by molar-refractivity contribution is 7.14. The van der Waals surface area contributed by atoms with Crippen LogP contribution >= 0.6 is 11.3 Å². The summed E-state index contributed by atoms with van der Waals surface area (Å²) < 4.78 is 1.72. The topological polar surface area (TPSA) is 72.7 Å². The maximum atomic E-state index is 13.3. The van der Waals surface area contributed by atoms with Crippen molar-refractivity contribution >= 4 is 22.4 Å². The van der Waals surface area contributed by atoms with E-state index in [-0.39, 0.29) is 5.91 Å². The number of pyridine rings is 1. The number of carbonyl (C=O) groups is 1. The number of nitrogens with one attached hydrogen (secondary N) is 1. The summed E-state index contributed by atoms with van der Waals surface area (Å²) in [5, 5.41) is 10.0. The minimum atomic E-state index is -0.273. The number of benzene rings is 2. The van der Waals surface area contributed by atoms with Crippen molar-refractivity contribution in [2.45, 2.75) is 13.3 Å². The van der Waals surface area contributed by atoms with E-state index in [0.29, 0.717) is 22.1 Å². The average Bonchev–Trinajstić information content (AvgIpc) is 3.57. The number of carbonyl (C=O) groups excluding carboxylic acids is 1. The van der Waals surface area contributed by atoms with Crippen molar-refractivity contribution < 1.29 is 4.79 Å². The molecular weight excluding hydrogens is 454 g/mol. The standard InChI is InChI=1S/C28H21N5OS/c1-2-3-10-20-15-16-24(29-17-20)25-19-35-28(30-25)31-27(34)23-18-33(22-13-8-5-9-14-22)32-26(23)21-11-6-4-7-12-21/h4-9,11-19H,2H2,1H3,(H,30,31,34). The van der Waals surface area contributed by atoms with E-state index in [1.54, 1.807) is 17.1 Å². The van der Waals surface area contributed by atoms with Gasteiger partial charge in [-0.15, -0.1) is 11.3 Å². The number of hydrogen-bond donors (Lipinski definition) is 1. The fraction of sp³-hybridized carbons (Fsp3) is 0.0714. The molecule has 0 radical (unpaired) electrons. The first-order valence-electron chi connectivity index (χ1n) is 11.1. The summed E-state index contributed by atoms with van der Waals surface area (Å²) in [6.07, 6.45) is 4.28. The third-order valence-corrected chi connectivity index (χ3v) is 5.94. The molecule has 7 heteroatoms. The van der Waals surface area contributed by atoms with Crippen LogP contribution in [0, 0.1) is 11.8 Å². The van der Waals surface area contributed by atoms with Crippen LogP contribution in [0.15, 0.2) is 90.6 Å². The van der Waals surface area contributed by atoms with Gasteiger partial charge in [-0.05, 0) is 24.3 Å². The van der Waals surface area contributed by atoms with E-state index in [1.165, 1.54) is 11.3 Å². The van der Waals surface area contributed by atoms with Crippen LogP contribution in [-0.4, -0.2) is 25.7 Å². The first kappa shape index (κ1) is 22.3. The van der Waals surface area contributed by atoms with E-state index in [0.717, 1.165) is 28.9 Å². The normalized spacial score (nSPS) is 10.4. The van der Waals surface area contributed by atoms with E-state index in [2.05, 4.69) is 27.1 Å². The molecule has 5 rings (SSSR count). The van der Waals surface area contributed by atoms with Crippen molar-refractivity contribution in [3.05, 3.63) is 102 Å². The lowest BCUT2D eigenvalue weighted by atomic mass is 10.1. The zero-order chi connectivity index (χ0) is 24.0. The molecule has 0 saturated carbocycles. The number of rotatable bonds is 5. The minimum absolute atomic E-state index is 0.273. The Hall–Kier alpha value is -4.54. The highest BCUT2D eigenvalue weighted by Crippen LogP contribution is 2.27. The van der Waals surface area contributed by atoms with Crippen LogP contribution in [0.3, 0.4) is 0 Å². The number of hydrogen-bond acceptors (Lipinski definition) is 5. The van der Waals surface area contributed by atoms with Gasteiger partial charge in [0.25, 0.3) is 5.91 Å². The van der Waals surface area contributed by atoms with Crippen LogP contribution in [0.25, 0.3) is 28.3 Å². The Morgan fingerprint density at radius 1 is 1.00 bits per heavy atom. The quantitative estimate of drug-likeness (QED) is 0.313. The van der Waals surface area contributed by atoms with Crippen molar-refractivity contribution in [3.8, 4) is 40.2 Å².